The van der Waals surface area contributed by atoms with Gasteiger partial charge in [0.2, 0.25) is 5.91 Å². The molecule has 1 unspecified atom stereocenters. The highest BCUT2D eigenvalue weighted by atomic mass is 16.3. The van der Waals surface area contributed by atoms with Gasteiger partial charge < -0.3 is 16.2 Å². The van der Waals surface area contributed by atoms with E-state index in [2.05, 4.69) is 12.2 Å². The molecule has 0 aliphatic heterocycles. The van der Waals surface area contributed by atoms with E-state index in [-0.39, 0.29) is 12.5 Å². The van der Waals surface area contributed by atoms with E-state index in [0.717, 1.165) is 12.8 Å². The van der Waals surface area contributed by atoms with Crippen molar-refractivity contribution in [1.82, 2.24) is 0 Å². The van der Waals surface area contributed by atoms with Crippen molar-refractivity contribution in [1.29, 1.82) is 0 Å². The maximum Gasteiger partial charge on any atom is 0.241 e. The first kappa shape index (κ1) is 13.7. The van der Waals surface area contributed by atoms with E-state index in [1.165, 1.54) is 0 Å². The van der Waals surface area contributed by atoms with Gasteiger partial charge in [0.15, 0.2) is 0 Å². The Labute approximate surface area is 102 Å². The van der Waals surface area contributed by atoms with Crippen LogP contribution in [0.15, 0.2) is 24.3 Å². The molecule has 1 aromatic carbocycles. The number of unbranched alkanes of at least 4 members (excludes halogenated alkanes) is 1. The lowest BCUT2D eigenvalue weighted by Crippen LogP contribution is -2.35. The topological polar surface area (TPSA) is 75.4 Å². The lowest BCUT2D eigenvalue weighted by molar-refractivity contribution is -0.117. The number of aliphatic hydroxyl groups excluding tert-OH is 1. The first-order valence-electron chi connectivity index (χ1n) is 5.94. The van der Waals surface area contributed by atoms with Crippen molar-refractivity contribution < 1.29 is 9.90 Å². The Morgan fingerprint density at radius 1 is 1.47 bits per heavy atom. The van der Waals surface area contributed by atoms with E-state index in [4.69, 9.17) is 10.8 Å². The average molecular weight is 236 g/mol. The predicted molar refractivity (Wildman–Crippen MR) is 68.5 cm³/mol. The van der Waals surface area contributed by atoms with Crippen LogP contribution in [0.1, 0.15) is 31.7 Å². The van der Waals surface area contributed by atoms with Gasteiger partial charge in [0.05, 0.1) is 12.6 Å². The van der Waals surface area contributed by atoms with Crippen molar-refractivity contribution >= 4 is 11.6 Å². The zero-order chi connectivity index (χ0) is 12.7. The minimum absolute atomic E-state index is 0.0966. The fourth-order valence-corrected chi connectivity index (χ4v) is 1.56. The number of anilines is 1. The summed E-state index contributed by atoms with van der Waals surface area (Å²) >= 11 is 0. The summed E-state index contributed by atoms with van der Waals surface area (Å²) in [6, 6.07) is 6.68. The zero-order valence-electron chi connectivity index (χ0n) is 10.1. The third-order valence-electron chi connectivity index (χ3n) is 2.65. The highest BCUT2D eigenvalue weighted by Gasteiger charge is 2.13. The third-order valence-corrected chi connectivity index (χ3v) is 2.65. The molecule has 4 N–H and O–H groups in total. The minimum Gasteiger partial charge on any atom is -0.392 e. The second kappa shape index (κ2) is 7.04. The molecule has 0 bridgehead atoms. The first-order chi connectivity index (χ1) is 8.19. The van der Waals surface area contributed by atoms with Gasteiger partial charge in [-0.2, -0.15) is 0 Å². The van der Waals surface area contributed by atoms with Crippen molar-refractivity contribution in [2.75, 3.05) is 5.32 Å². The first-order valence-corrected chi connectivity index (χ1v) is 5.94. The molecule has 1 amide bonds. The van der Waals surface area contributed by atoms with E-state index in [9.17, 15) is 4.79 Å². The lowest BCUT2D eigenvalue weighted by atomic mass is 10.1. The van der Waals surface area contributed by atoms with Gasteiger partial charge in [0, 0.05) is 11.3 Å². The fourth-order valence-electron chi connectivity index (χ4n) is 1.56. The molecule has 0 saturated heterocycles. The Morgan fingerprint density at radius 3 is 2.82 bits per heavy atom. The number of benzene rings is 1. The predicted octanol–water partition coefficient (Wildman–Crippen LogP) is 1.63. The SMILES string of the molecule is CCCCC(N)C(=O)Nc1ccccc1CO. The molecule has 1 rings (SSSR count). The minimum atomic E-state index is -0.485. The maximum absolute atomic E-state index is 11.8. The summed E-state index contributed by atoms with van der Waals surface area (Å²) in [4.78, 5) is 11.8. The molecule has 1 atom stereocenters. The van der Waals surface area contributed by atoms with Crippen molar-refractivity contribution in [2.24, 2.45) is 5.73 Å². The van der Waals surface area contributed by atoms with Crippen molar-refractivity contribution in [3.63, 3.8) is 0 Å². The number of nitrogens with one attached hydrogen (secondary N) is 1. The Balaban J connectivity index is 2.61. The van der Waals surface area contributed by atoms with Gasteiger partial charge in [-0.15, -0.1) is 0 Å². The van der Waals surface area contributed by atoms with Crippen LogP contribution >= 0.6 is 0 Å². The molecular formula is C13H20N2O2. The summed E-state index contributed by atoms with van der Waals surface area (Å²) in [6.07, 6.45) is 2.65. The van der Waals surface area contributed by atoms with Gasteiger partial charge >= 0.3 is 0 Å². The van der Waals surface area contributed by atoms with Gasteiger partial charge in [0.1, 0.15) is 0 Å². The van der Waals surface area contributed by atoms with Crippen LogP contribution in [0.25, 0.3) is 0 Å². The van der Waals surface area contributed by atoms with E-state index in [1.54, 1.807) is 12.1 Å². The Morgan fingerprint density at radius 2 is 2.18 bits per heavy atom. The Kier molecular flexibility index (Phi) is 5.66. The lowest BCUT2D eigenvalue weighted by Gasteiger charge is -2.13. The summed E-state index contributed by atoms with van der Waals surface area (Å²) in [5.74, 6) is -0.195. The molecule has 4 nitrogen and oxygen atoms in total. The molecule has 94 valence electrons. The van der Waals surface area contributed by atoms with E-state index >= 15 is 0 Å². The van der Waals surface area contributed by atoms with Crippen LogP contribution in [0, 0.1) is 0 Å². The van der Waals surface area contributed by atoms with Crippen molar-refractivity contribution in [2.45, 2.75) is 38.8 Å². The van der Waals surface area contributed by atoms with Crippen LogP contribution in [0.5, 0.6) is 0 Å². The standard InChI is InChI=1S/C13H20N2O2/c1-2-3-7-11(14)13(17)15-12-8-5-4-6-10(12)9-16/h4-6,8,11,16H,2-3,7,9,14H2,1H3,(H,15,17). The van der Waals surface area contributed by atoms with Crippen LogP contribution in [0.4, 0.5) is 5.69 Å². The summed E-state index contributed by atoms with van der Waals surface area (Å²) in [6.45, 7) is 1.96. The molecule has 0 heterocycles. The zero-order valence-corrected chi connectivity index (χ0v) is 10.1. The van der Waals surface area contributed by atoms with Gasteiger partial charge in [-0.25, -0.2) is 0 Å². The smallest absolute Gasteiger partial charge is 0.241 e. The van der Waals surface area contributed by atoms with Crippen LogP contribution in [-0.2, 0) is 11.4 Å². The molecule has 4 heteroatoms. The summed E-state index contributed by atoms with van der Waals surface area (Å²) in [7, 11) is 0. The summed E-state index contributed by atoms with van der Waals surface area (Å²) in [5.41, 5.74) is 7.10. The third kappa shape index (κ3) is 4.17. The van der Waals surface area contributed by atoms with E-state index in [0.29, 0.717) is 17.7 Å². The van der Waals surface area contributed by atoms with E-state index < -0.39 is 6.04 Å². The monoisotopic (exact) mass is 236 g/mol. The van der Waals surface area contributed by atoms with Crippen molar-refractivity contribution in [3.8, 4) is 0 Å². The molecule has 0 spiro atoms. The van der Waals surface area contributed by atoms with Crippen LogP contribution in [0.2, 0.25) is 0 Å². The van der Waals surface area contributed by atoms with Gasteiger partial charge in [-0.05, 0) is 12.5 Å². The number of hydrogen-bond acceptors (Lipinski definition) is 3. The highest BCUT2D eigenvalue weighted by Crippen LogP contribution is 2.15. The van der Waals surface area contributed by atoms with Crippen molar-refractivity contribution in [3.05, 3.63) is 29.8 Å². The molecule has 0 aliphatic carbocycles. The normalized spacial score (nSPS) is 12.2. The molecule has 0 aliphatic rings. The van der Waals surface area contributed by atoms with E-state index in [1.807, 2.05) is 12.1 Å². The van der Waals surface area contributed by atoms with Gasteiger partial charge in [0.25, 0.3) is 0 Å². The van der Waals surface area contributed by atoms with Gasteiger partial charge in [-0.3, -0.25) is 4.79 Å². The highest BCUT2D eigenvalue weighted by molar-refractivity contribution is 5.95. The second-order valence-corrected chi connectivity index (χ2v) is 4.05. The quantitative estimate of drug-likeness (QED) is 0.702. The average Bonchev–Trinajstić information content (AvgIpc) is 2.36. The molecule has 1 aromatic rings. The largest absolute Gasteiger partial charge is 0.392 e. The molecule has 0 fully saturated rings. The fraction of sp³-hybridized carbons (Fsp3) is 0.462. The van der Waals surface area contributed by atoms with Gasteiger partial charge in [-0.1, -0.05) is 38.0 Å². The number of carbonyl (C=O) groups is 1. The molecule has 0 saturated carbocycles. The molecule has 17 heavy (non-hydrogen) atoms. The number of aliphatic hydroxyl groups is 1. The molecule has 0 radical (unpaired) electrons. The number of rotatable bonds is 6. The van der Waals surface area contributed by atoms with Crippen LogP contribution in [-0.4, -0.2) is 17.1 Å². The number of hydrogen-bond donors (Lipinski definition) is 3. The number of para-hydroxylation sites is 1. The maximum atomic E-state index is 11.8. The molecule has 0 aromatic heterocycles. The summed E-state index contributed by atoms with van der Waals surface area (Å²) < 4.78 is 0. The summed E-state index contributed by atoms with van der Waals surface area (Å²) in [5, 5.41) is 11.9. The second-order valence-electron chi connectivity index (χ2n) is 4.05. The molecular weight excluding hydrogens is 216 g/mol. The number of nitrogens with two attached hydrogens (primary N) is 1. The Hall–Kier alpha value is -1.39. The van der Waals surface area contributed by atoms with Crippen LogP contribution < -0.4 is 11.1 Å². The Bertz CT molecular complexity index is 366. The van der Waals surface area contributed by atoms with Crippen LogP contribution in [0.3, 0.4) is 0 Å². The number of amides is 1. The number of carbonyl (C=O) groups excluding carboxylic acids is 1.